The SMILES string of the molecule is CN(C)CCc1c[nH]c2cccc(OC(=O)C3CCN(C)C3)c12. The van der Waals surface area contributed by atoms with E-state index in [9.17, 15) is 4.79 Å². The number of carbonyl (C=O) groups excluding carboxylic acids is 1. The molecule has 124 valence electrons. The summed E-state index contributed by atoms with van der Waals surface area (Å²) in [6.07, 6.45) is 3.83. The number of benzene rings is 1. The Kier molecular flexibility index (Phi) is 4.68. The minimum absolute atomic E-state index is 0.0144. The van der Waals surface area contributed by atoms with Gasteiger partial charge in [-0.3, -0.25) is 4.79 Å². The smallest absolute Gasteiger partial charge is 0.315 e. The first-order valence-corrected chi connectivity index (χ1v) is 8.18. The lowest BCUT2D eigenvalue weighted by Gasteiger charge is -2.13. The Bertz CT molecular complexity index is 693. The zero-order chi connectivity index (χ0) is 16.4. The number of carbonyl (C=O) groups is 1. The second kappa shape index (κ2) is 6.72. The zero-order valence-corrected chi connectivity index (χ0v) is 14.1. The molecule has 1 aromatic heterocycles. The van der Waals surface area contributed by atoms with Crippen LogP contribution in [0.5, 0.6) is 5.75 Å². The van der Waals surface area contributed by atoms with Gasteiger partial charge in [0.1, 0.15) is 5.75 Å². The Morgan fingerprint density at radius 3 is 2.96 bits per heavy atom. The predicted molar refractivity (Wildman–Crippen MR) is 91.8 cm³/mol. The summed E-state index contributed by atoms with van der Waals surface area (Å²) in [6.45, 7) is 2.71. The van der Waals surface area contributed by atoms with Gasteiger partial charge in [0, 0.05) is 30.2 Å². The Balaban J connectivity index is 1.82. The molecule has 23 heavy (non-hydrogen) atoms. The fourth-order valence-corrected chi connectivity index (χ4v) is 3.17. The van der Waals surface area contributed by atoms with E-state index in [2.05, 4.69) is 28.9 Å². The maximum atomic E-state index is 12.4. The molecule has 0 radical (unpaired) electrons. The van der Waals surface area contributed by atoms with Crippen molar-refractivity contribution in [3.05, 3.63) is 30.0 Å². The highest BCUT2D eigenvalue weighted by atomic mass is 16.5. The highest BCUT2D eigenvalue weighted by Crippen LogP contribution is 2.30. The maximum Gasteiger partial charge on any atom is 0.315 e. The van der Waals surface area contributed by atoms with Crippen LogP contribution in [0.1, 0.15) is 12.0 Å². The number of nitrogens with one attached hydrogen (secondary N) is 1. The fourth-order valence-electron chi connectivity index (χ4n) is 3.17. The van der Waals surface area contributed by atoms with Crippen LogP contribution >= 0.6 is 0 Å². The van der Waals surface area contributed by atoms with Crippen molar-refractivity contribution in [1.82, 2.24) is 14.8 Å². The van der Waals surface area contributed by atoms with Gasteiger partial charge in [0.2, 0.25) is 0 Å². The molecule has 0 bridgehead atoms. The van der Waals surface area contributed by atoms with E-state index in [4.69, 9.17) is 4.74 Å². The minimum Gasteiger partial charge on any atom is -0.426 e. The van der Waals surface area contributed by atoms with Gasteiger partial charge in [-0.05, 0) is 58.2 Å². The highest BCUT2D eigenvalue weighted by Gasteiger charge is 2.28. The standard InChI is InChI=1S/C18H25N3O2/c1-20(2)9-7-13-11-19-15-5-4-6-16(17(13)15)23-18(22)14-8-10-21(3)12-14/h4-6,11,14,19H,7-10,12H2,1-3H3. The summed E-state index contributed by atoms with van der Waals surface area (Å²) in [5.41, 5.74) is 2.22. The zero-order valence-electron chi connectivity index (χ0n) is 14.1. The van der Waals surface area contributed by atoms with E-state index in [0.29, 0.717) is 5.75 Å². The molecule has 1 aromatic carbocycles. The van der Waals surface area contributed by atoms with Crippen molar-refractivity contribution in [2.24, 2.45) is 5.92 Å². The first-order chi connectivity index (χ1) is 11.0. The molecule has 5 heteroatoms. The topological polar surface area (TPSA) is 48.6 Å². The molecule has 0 aliphatic carbocycles. The number of nitrogens with zero attached hydrogens (tertiary/aromatic N) is 2. The predicted octanol–water partition coefficient (Wildman–Crippen LogP) is 2.13. The summed E-state index contributed by atoms with van der Waals surface area (Å²) in [5.74, 6) is 0.554. The van der Waals surface area contributed by atoms with Gasteiger partial charge in [-0.2, -0.15) is 0 Å². The van der Waals surface area contributed by atoms with E-state index in [1.54, 1.807) is 0 Å². The van der Waals surface area contributed by atoms with Crippen LogP contribution in [0, 0.1) is 5.92 Å². The lowest BCUT2D eigenvalue weighted by molar-refractivity contribution is -0.138. The van der Waals surface area contributed by atoms with Gasteiger partial charge in [0.25, 0.3) is 0 Å². The number of fused-ring (bicyclic) bond motifs is 1. The van der Waals surface area contributed by atoms with Crippen molar-refractivity contribution >= 4 is 16.9 Å². The Morgan fingerprint density at radius 1 is 1.43 bits per heavy atom. The van der Waals surface area contributed by atoms with E-state index in [-0.39, 0.29) is 11.9 Å². The van der Waals surface area contributed by atoms with Gasteiger partial charge < -0.3 is 19.5 Å². The number of aromatic amines is 1. The van der Waals surface area contributed by atoms with Crippen molar-refractivity contribution in [2.75, 3.05) is 40.8 Å². The summed E-state index contributed by atoms with van der Waals surface area (Å²) in [7, 11) is 6.16. The number of ether oxygens (including phenoxy) is 1. The van der Waals surface area contributed by atoms with Crippen LogP contribution in [0.4, 0.5) is 0 Å². The molecule has 1 atom stereocenters. The van der Waals surface area contributed by atoms with Crippen LogP contribution in [0.3, 0.4) is 0 Å². The molecule has 2 heterocycles. The fraction of sp³-hybridized carbons (Fsp3) is 0.500. The van der Waals surface area contributed by atoms with Gasteiger partial charge >= 0.3 is 5.97 Å². The third-order valence-electron chi connectivity index (χ3n) is 4.51. The largest absolute Gasteiger partial charge is 0.426 e. The van der Waals surface area contributed by atoms with Crippen molar-refractivity contribution in [3.8, 4) is 5.75 Å². The van der Waals surface area contributed by atoms with Crippen LogP contribution in [-0.2, 0) is 11.2 Å². The quantitative estimate of drug-likeness (QED) is 0.678. The Hall–Kier alpha value is -1.85. The number of aromatic nitrogens is 1. The molecule has 5 nitrogen and oxygen atoms in total. The average Bonchev–Trinajstić information content (AvgIpc) is 3.12. The van der Waals surface area contributed by atoms with Gasteiger partial charge in [-0.25, -0.2) is 0 Å². The van der Waals surface area contributed by atoms with Crippen molar-refractivity contribution in [3.63, 3.8) is 0 Å². The Morgan fingerprint density at radius 2 is 2.26 bits per heavy atom. The molecular formula is C18H25N3O2. The molecule has 1 unspecified atom stereocenters. The number of esters is 1. The number of hydrogen-bond donors (Lipinski definition) is 1. The number of rotatable bonds is 5. The highest BCUT2D eigenvalue weighted by molar-refractivity contribution is 5.91. The first kappa shape index (κ1) is 16.0. The van der Waals surface area contributed by atoms with Crippen molar-refractivity contribution in [1.29, 1.82) is 0 Å². The van der Waals surface area contributed by atoms with Gasteiger partial charge in [0.15, 0.2) is 0 Å². The number of likely N-dealkylation sites (tertiary alicyclic amines) is 1. The summed E-state index contributed by atoms with van der Waals surface area (Å²) in [5, 5.41) is 1.04. The second-order valence-corrected chi connectivity index (χ2v) is 6.71. The number of H-pyrrole nitrogens is 1. The summed E-state index contributed by atoms with van der Waals surface area (Å²) >= 11 is 0. The molecule has 1 aliphatic rings. The van der Waals surface area contributed by atoms with E-state index >= 15 is 0 Å². The molecule has 0 spiro atoms. The molecule has 1 N–H and O–H groups in total. The summed E-state index contributed by atoms with van der Waals surface area (Å²) in [6, 6.07) is 5.85. The lowest BCUT2D eigenvalue weighted by atomic mass is 10.1. The van der Waals surface area contributed by atoms with Crippen molar-refractivity contribution < 1.29 is 9.53 Å². The van der Waals surface area contributed by atoms with Gasteiger partial charge in [-0.1, -0.05) is 6.07 Å². The normalized spacial score (nSPS) is 18.9. The molecular weight excluding hydrogens is 290 g/mol. The molecule has 1 saturated heterocycles. The molecule has 1 aliphatic heterocycles. The number of hydrogen-bond acceptors (Lipinski definition) is 4. The van der Waals surface area contributed by atoms with Crippen LogP contribution in [0.2, 0.25) is 0 Å². The minimum atomic E-state index is -0.110. The third kappa shape index (κ3) is 3.57. The molecule has 1 fully saturated rings. The van der Waals surface area contributed by atoms with E-state index < -0.39 is 0 Å². The molecule has 3 rings (SSSR count). The summed E-state index contributed by atoms with van der Waals surface area (Å²) in [4.78, 5) is 20.0. The average molecular weight is 315 g/mol. The van der Waals surface area contributed by atoms with Crippen LogP contribution in [0.15, 0.2) is 24.4 Å². The first-order valence-electron chi connectivity index (χ1n) is 8.18. The second-order valence-electron chi connectivity index (χ2n) is 6.71. The summed E-state index contributed by atoms with van der Waals surface area (Å²) < 4.78 is 5.77. The maximum absolute atomic E-state index is 12.4. The van der Waals surface area contributed by atoms with Gasteiger partial charge in [-0.15, -0.1) is 0 Å². The third-order valence-corrected chi connectivity index (χ3v) is 4.51. The number of likely N-dealkylation sites (N-methyl/N-ethyl adjacent to an activating group) is 1. The monoisotopic (exact) mass is 315 g/mol. The van der Waals surface area contributed by atoms with Crippen LogP contribution in [0.25, 0.3) is 10.9 Å². The molecule has 2 aromatic rings. The molecule has 0 saturated carbocycles. The van der Waals surface area contributed by atoms with Gasteiger partial charge in [0.05, 0.1) is 5.92 Å². The van der Waals surface area contributed by atoms with E-state index in [1.807, 2.05) is 31.4 Å². The van der Waals surface area contributed by atoms with Crippen LogP contribution in [-0.4, -0.2) is 61.5 Å². The van der Waals surface area contributed by atoms with E-state index in [0.717, 1.165) is 43.4 Å². The Labute approximate surface area is 137 Å². The molecule has 0 amide bonds. The van der Waals surface area contributed by atoms with E-state index in [1.165, 1.54) is 5.56 Å². The van der Waals surface area contributed by atoms with Crippen LogP contribution < -0.4 is 4.74 Å². The van der Waals surface area contributed by atoms with Crippen molar-refractivity contribution in [2.45, 2.75) is 12.8 Å². The lowest BCUT2D eigenvalue weighted by Crippen LogP contribution is -2.23.